The first-order valence-electron chi connectivity index (χ1n) is 4.84. The van der Waals surface area contributed by atoms with Gasteiger partial charge in [-0.25, -0.2) is 0 Å². The van der Waals surface area contributed by atoms with E-state index in [-0.39, 0.29) is 12.3 Å². The van der Waals surface area contributed by atoms with E-state index in [1.165, 1.54) is 12.1 Å². The van der Waals surface area contributed by atoms with E-state index < -0.39 is 15.6 Å². The van der Waals surface area contributed by atoms with Crippen LogP contribution < -0.4 is 9.50 Å². The predicted octanol–water partition coefficient (Wildman–Crippen LogP) is 1.99. The molecule has 2 rings (SSSR count). The van der Waals surface area contributed by atoms with Crippen molar-refractivity contribution in [1.82, 2.24) is 5.32 Å². The van der Waals surface area contributed by atoms with E-state index in [4.69, 9.17) is 0 Å². The van der Waals surface area contributed by atoms with Crippen molar-refractivity contribution >= 4 is 16.2 Å². The second-order valence-electron chi connectivity index (χ2n) is 3.52. The Kier molecular flexibility index (Phi) is 2.97. The molecule has 0 amide bonds. The summed E-state index contributed by atoms with van der Waals surface area (Å²) < 4.78 is 62.6. The number of hydrogen-bond acceptors (Lipinski definition) is 4. The second kappa shape index (κ2) is 4.20. The van der Waals surface area contributed by atoms with Gasteiger partial charge in [0.15, 0.2) is 0 Å². The van der Waals surface area contributed by atoms with Crippen LogP contribution in [0.4, 0.5) is 13.2 Å². The Hall–Kier alpha value is -1.70. The molecule has 1 aliphatic heterocycles. The van der Waals surface area contributed by atoms with Crippen molar-refractivity contribution in [3.63, 3.8) is 0 Å². The third-order valence-electron chi connectivity index (χ3n) is 2.31. The molecule has 0 atom stereocenters. The molecule has 0 saturated carbocycles. The number of rotatable bonds is 2. The summed E-state index contributed by atoms with van der Waals surface area (Å²) in [7, 11) is -5.64. The van der Waals surface area contributed by atoms with Crippen molar-refractivity contribution in [2.75, 3.05) is 0 Å². The van der Waals surface area contributed by atoms with Crippen LogP contribution in [0.3, 0.4) is 0 Å². The molecule has 1 N–H and O–H groups in total. The summed E-state index contributed by atoms with van der Waals surface area (Å²) in [6.07, 6.45) is 3.23. The van der Waals surface area contributed by atoms with Crippen molar-refractivity contribution in [3.05, 3.63) is 35.5 Å². The Morgan fingerprint density at radius 3 is 2.67 bits per heavy atom. The standard InChI is InChI=1S/C10H8F3NO3S/c11-10(12,13)18(15,16)17-9-3-1-2-7-4-5-14-6-8(7)9/h1-5,14H,6H2. The van der Waals surface area contributed by atoms with Gasteiger partial charge in [-0.3, -0.25) is 0 Å². The lowest BCUT2D eigenvalue weighted by Crippen LogP contribution is -2.28. The maximum absolute atomic E-state index is 12.2. The van der Waals surface area contributed by atoms with Gasteiger partial charge >= 0.3 is 15.6 Å². The molecule has 1 heterocycles. The van der Waals surface area contributed by atoms with Crippen LogP contribution in [0.15, 0.2) is 24.4 Å². The smallest absolute Gasteiger partial charge is 0.387 e. The fourth-order valence-corrected chi connectivity index (χ4v) is 1.97. The highest BCUT2D eigenvalue weighted by Gasteiger charge is 2.48. The zero-order chi connectivity index (χ0) is 13.4. The van der Waals surface area contributed by atoms with E-state index in [0.717, 1.165) is 0 Å². The fourth-order valence-electron chi connectivity index (χ4n) is 1.48. The van der Waals surface area contributed by atoms with Crippen LogP contribution in [-0.2, 0) is 16.7 Å². The highest BCUT2D eigenvalue weighted by Crippen LogP contribution is 2.31. The number of hydrogen-bond donors (Lipinski definition) is 1. The molecular formula is C10H8F3NO3S. The highest BCUT2D eigenvalue weighted by atomic mass is 32.2. The Balaban J connectivity index is 2.40. The SMILES string of the molecule is O=S(=O)(Oc1cccc2c1CNC=C2)C(F)(F)F. The molecule has 0 fully saturated rings. The van der Waals surface area contributed by atoms with Gasteiger partial charge in [0.2, 0.25) is 0 Å². The molecule has 0 radical (unpaired) electrons. The maximum Gasteiger partial charge on any atom is 0.534 e. The Bertz CT molecular complexity index is 593. The van der Waals surface area contributed by atoms with Gasteiger partial charge < -0.3 is 9.50 Å². The van der Waals surface area contributed by atoms with Crippen molar-refractivity contribution in [1.29, 1.82) is 0 Å². The minimum absolute atomic E-state index is 0.204. The minimum Gasteiger partial charge on any atom is -0.387 e. The van der Waals surface area contributed by atoms with Gasteiger partial charge in [-0.2, -0.15) is 21.6 Å². The molecule has 4 nitrogen and oxygen atoms in total. The minimum atomic E-state index is -5.64. The van der Waals surface area contributed by atoms with Crippen LogP contribution >= 0.6 is 0 Å². The summed E-state index contributed by atoms with van der Waals surface area (Å²) >= 11 is 0. The van der Waals surface area contributed by atoms with Gasteiger partial charge in [-0.1, -0.05) is 12.1 Å². The summed E-state index contributed by atoms with van der Waals surface area (Å²) in [6, 6.07) is 4.26. The van der Waals surface area contributed by atoms with Crippen molar-refractivity contribution in [2.45, 2.75) is 12.1 Å². The van der Waals surface area contributed by atoms with Crippen molar-refractivity contribution in [3.8, 4) is 5.75 Å². The number of halogens is 3. The summed E-state index contributed by atoms with van der Waals surface area (Å²) in [6.45, 7) is 0.204. The molecule has 98 valence electrons. The molecule has 18 heavy (non-hydrogen) atoms. The number of alkyl halides is 3. The summed E-state index contributed by atoms with van der Waals surface area (Å²) in [4.78, 5) is 0. The normalized spacial score (nSPS) is 14.8. The van der Waals surface area contributed by atoms with Gasteiger partial charge in [-0.05, 0) is 23.9 Å². The monoisotopic (exact) mass is 279 g/mol. The molecule has 0 aliphatic carbocycles. The Morgan fingerprint density at radius 2 is 2.00 bits per heavy atom. The molecule has 0 spiro atoms. The first kappa shape index (κ1) is 12.7. The van der Waals surface area contributed by atoms with Gasteiger partial charge in [0.05, 0.1) is 0 Å². The van der Waals surface area contributed by atoms with Crippen LogP contribution in [0, 0.1) is 0 Å². The zero-order valence-electron chi connectivity index (χ0n) is 8.86. The molecule has 0 unspecified atom stereocenters. The molecule has 0 bridgehead atoms. The van der Waals surface area contributed by atoms with Gasteiger partial charge in [-0.15, -0.1) is 0 Å². The lowest BCUT2D eigenvalue weighted by molar-refractivity contribution is -0.0500. The Labute approximate surface area is 101 Å². The summed E-state index contributed by atoms with van der Waals surface area (Å²) in [5.41, 5.74) is -4.45. The van der Waals surface area contributed by atoms with Crippen LogP contribution in [0.2, 0.25) is 0 Å². The number of nitrogens with one attached hydrogen (secondary N) is 1. The molecule has 0 aromatic heterocycles. The summed E-state index contributed by atoms with van der Waals surface area (Å²) in [5, 5.41) is 2.77. The zero-order valence-corrected chi connectivity index (χ0v) is 9.68. The molecule has 1 aliphatic rings. The number of benzene rings is 1. The maximum atomic E-state index is 12.2. The molecule has 1 aromatic rings. The van der Waals surface area contributed by atoms with E-state index in [2.05, 4.69) is 9.50 Å². The first-order valence-corrected chi connectivity index (χ1v) is 6.25. The average Bonchev–Trinajstić information content (AvgIpc) is 2.27. The van der Waals surface area contributed by atoms with Crippen molar-refractivity contribution in [2.24, 2.45) is 0 Å². The highest BCUT2D eigenvalue weighted by molar-refractivity contribution is 7.88. The van der Waals surface area contributed by atoms with E-state index >= 15 is 0 Å². The molecule has 8 heteroatoms. The van der Waals surface area contributed by atoms with E-state index in [9.17, 15) is 21.6 Å². The van der Waals surface area contributed by atoms with Crippen LogP contribution in [0.1, 0.15) is 11.1 Å². The second-order valence-corrected chi connectivity index (χ2v) is 5.06. The van der Waals surface area contributed by atoms with E-state index in [1.54, 1.807) is 18.3 Å². The van der Waals surface area contributed by atoms with Crippen molar-refractivity contribution < 1.29 is 25.8 Å². The van der Waals surface area contributed by atoms with Gasteiger partial charge in [0.1, 0.15) is 5.75 Å². The molecule has 1 aromatic carbocycles. The Morgan fingerprint density at radius 1 is 1.28 bits per heavy atom. The predicted molar refractivity (Wildman–Crippen MR) is 57.9 cm³/mol. The number of fused-ring (bicyclic) bond motifs is 1. The largest absolute Gasteiger partial charge is 0.534 e. The lowest BCUT2D eigenvalue weighted by atomic mass is 10.0. The molecule has 0 saturated heterocycles. The van der Waals surface area contributed by atoms with E-state index in [0.29, 0.717) is 11.1 Å². The third-order valence-corrected chi connectivity index (χ3v) is 3.28. The van der Waals surface area contributed by atoms with Crippen LogP contribution in [0.5, 0.6) is 5.75 Å². The molecular weight excluding hydrogens is 271 g/mol. The summed E-state index contributed by atoms with van der Waals surface area (Å²) in [5.74, 6) is -0.318. The average molecular weight is 279 g/mol. The fraction of sp³-hybridized carbons (Fsp3) is 0.200. The van der Waals surface area contributed by atoms with Gasteiger partial charge in [0.25, 0.3) is 0 Å². The van der Waals surface area contributed by atoms with Crippen LogP contribution in [0.25, 0.3) is 6.08 Å². The van der Waals surface area contributed by atoms with Gasteiger partial charge in [0, 0.05) is 12.1 Å². The first-order chi connectivity index (χ1) is 8.31. The van der Waals surface area contributed by atoms with Crippen LogP contribution in [-0.4, -0.2) is 13.9 Å². The lowest BCUT2D eigenvalue weighted by Gasteiger charge is -2.17. The topological polar surface area (TPSA) is 55.4 Å². The van der Waals surface area contributed by atoms with E-state index in [1.807, 2.05) is 0 Å². The quantitative estimate of drug-likeness (QED) is 0.664. The third kappa shape index (κ3) is 2.28.